The number of hydrogen-bond acceptors (Lipinski definition) is 1. The van der Waals surface area contributed by atoms with E-state index in [2.05, 4.69) is 38.2 Å². The highest BCUT2D eigenvalue weighted by molar-refractivity contribution is 5.95. The average molecular weight is 267 g/mol. The molecule has 1 amide bonds. The van der Waals surface area contributed by atoms with Gasteiger partial charge in [-0.2, -0.15) is 0 Å². The highest BCUT2D eigenvalue weighted by atomic mass is 16.1. The number of carbonyl (C=O) groups excluding carboxylic acids is 1. The Morgan fingerprint density at radius 2 is 1.55 bits per heavy atom. The maximum absolute atomic E-state index is 12.2. The monoisotopic (exact) mass is 267 g/mol. The molecule has 0 heterocycles. The molecule has 104 valence electrons. The summed E-state index contributed by atoms with van der Waals surface area (Å²) >= 11 is 0. The fourth-order valence-corrected chi connectivity index (χ4v) is 2.58. The molecule has 20 heavy (non-hydrogen) atoms. The van der Waals surface area contributed by atoms with E-state index in [1.165, 1.54) is 22.3 Å². The Kier molecular flexibility index (Phi) is 4.23. The molecule has 0 aliphatic carbocycles. The Hall–Kier alpha value is -2.09. The van der Waals surface area contributed by atoms with Gasteiger partial charge in [0.2, 0.25) is 0 Å². The zero-order valence-electron chi connectivity index (χ0n) is 12.6. The quantitative estimate of drug-likeness (QED) is 0.899. The van der Waals surface area contributed by atoms with Crippen molar-refractivity contribution in [3.8, 4) is 0 Å². The van der Waals surface area contributed by atoms with Crippen LogP contribution in [0.2, 0.25) is 0 Å². The van der Waals surface area contributed by atoms with Gasteiger partial charge in [0.1, 0.15) is 0 Å². The van der Waals surface area contributed by atoms with E-state index in [0.29, 0.717) is 6.54 Å². The number of rotatable bonds is 3. The third kappa shape index (κ3) is 3.08. The molecule has 0 aliphatic heterocycles. The van der Waals surface area contributed by atoms with Crippen LogP contribution >= 0.6 is 0 Å². The maximum atomic E-state index is 12.2. The van der Waals surface area contributed by atoms with Crippen molar-refractivity contribution in [2.24, 2.45) is 0 Å². The number of benzene rings is 2. The van der Waals surface area contributed by atoms with Crippen LogP contribution < -0.4 is 5.32 Å². The maximum Gasteiger partial charge on any atom is 0.251 e. The molecular weight excluding hydrogens is 246 g/mol. The second-order valence-electron chi connectivity index (χ2n) is 5.37. The topological polar surface area (TPSA) is 29.1 Å². The average Bonchev–Trinajstić information content (AvgIpc) is 2.37. The molecule has 0 unspecified atom stereocenters. The van der Waals surface area contributed by atoms with Gasteiger partial charge < -0.3 is 5.32 Å². The van der Waals surface area contributed by atoms with Gasteiger partial charge in [0, 0.05) is 12.1 Å². The lowest BCUT2D eigenvalue weighted by molar-refractivity contribution is 0.0950. The summed E-state index contributed by atoms with van der Waals surface area (Å²) in [6, 6.07) is 12.0. The Labute approximate surface area is 120 Å². The van der Waals surface area contributed by atoms with Crippen LogP contribution in [0.5, 0.6) is 0 Å². The highest BCUT2D eigenvalue weighted by Crippen LogP contribution is 2.16. The van der Waals surface area contributed by atoms with Gasteiger partial charge in [0.15, 0.2) is 0 Å². The molecule has 1 N–H and O–H groups in total. The summed E-state index contributed by atoms with van der Waals surface area (Å²) in [5.74, 6) is -0.0116. The molecule has 0 spiro atoms. The number of carbonyl (C=O) groups is 1. The second kappa shape index (κ2) is 5.91. The van der Waals surface area contributed by atoms with E-state index >= 15 is 0 Å². The Bertz CT molecular complexity index is 621. The second-order valence-corrected chi connectivity index (χ2v) is 5.37. The van der Waals surface area contributed by atoms with Crippen molar-refractivity contribution in [2.75, 3.05) is 0 Å². The molecule has 0 aliphatic rings. The van der Waals surface area contributed by atoms with Crippen molar-refractivity contribution in [1.82, 2.24) is 5.32 Å². The Morgan fingerprint density at radius 3 is 2.15 bits per heavy atom. The molecule has 0 atom stereocenters. The minimum absolute atomic E-state index is 0.0116. The number of nitrogens with one attached hydrogen (secondary N) is 1. The van der Waals surface area contributed by atoms with Crippen molar-refractivity contribution in [3.63, 3.8) is 0 Å². The first-order valence-electron chi connectivity index (χ1n) is 6.89. The van der Waals surface area contributed by atoms with Crippen LogP contribution in [0.25, 0.3) is 0 Å². The van der Waals surface area contributed by atoms with Gasteiger partial charge in [-0.25, -0.2) is 0 Å². The zero-order valence-corrected chi connectivity index (χ0v) is 12.6. The molecule has 0 fully saturated rings. The molecule has 2 heteroatoms. The fraction of sp³-hybridized carbons (Fsp3) is 0.278. The van der Waals surface area contributed by atoms with E-state index in [1.807, 2.05) is 31.2 Å². The smallest absolute Gasteiger partial charge is 0.251 e. The van der Waals surface area contributed by atoms with Gasteiger partial charge in [-0.15, -0.1) is 0 Å². The van der Waals surface area contributed by atoms with Crippen LogP contribution in [0.1, 0.15) is 38.2 Å². The van der Waals surface area contributed by atoms with Crippen LogP contribution in [0, 0.1) is 27.7 Å². The molecule has 2 rings (SSSR count). The van der Waals surface area contributed by atoms with Crippen molar-refractivity contribution in [1.29, 1.82) is 0 Å². The predicted molar refractivity (Wildman–Crippen MR) is 83.0 cm³/mol. The summed E-state index contributed by atoms with van der Waals surface area (Å²) in [5, 5.41) is 3.02. The summed E-state index contributed by atoms with van der Waals surface area (Å²) in [4.78, 5) is 12.2. The summed E-state index contributed by atoms with van der Waals surface area (Å²) in [6.45, 7) is 8.81. The molecule has 2 nitrogen and oxygen atoms in total. The first-order valence-corrected chi connectivity index (χ1v) is 6.89. The van der Waals surface area contributed by atoms with Crippen molar-refractivity contribution in [3.05, 3.63) is 69.8 Å². The molecule has 2 aromatic rings. The van der Waals surface area contributed by atoms with E-state index in [1.54, 1.807) is 0 Å². The molecule has 0 bridgehead atoms. The number of amides is 1. The minimum atomic E-state index is -0.0116. The summed E-state index contributed by atoms with van der Waals surface area (Å²) in [6.07, 6.45) is 0. The van der Waals surface area contributed by atoms with E-state index in [-0.39, 0.29) is 5.91 Å². The lowest BCUT2D eigenvalue weighted by atomic mass is 9.99. The third-order valence-corrected chi connectivity index (χ3v) is 3.66. The van der Waals surface area contributed by atoms with Crippen molar-refractivity contribution in [2.45, 2.75) is 34.2 Å². The van der Waals surface area contributed by atoms with E-state index < -0.39 is 0 Å². The third-order valence-electron chi connectivity index (χ3n) is 3.66. The minimum Gasteiger partial charge on any atom is -0.348 e. The van der Waals surface area contributed by atoms with E-state index in [0.717, 1.165) is 11.1 Å². The Balaban J connectivity index is 2.14. The van der Waals surface area contributed by atoms with E-state index in [9.17, 15) is 4.79 Å². The summed E-state index contributed by atoms with van der Waals surface area (Å²) in [5.41, 5.74) is 6.67. The first kappa shape index (κ1) is 14.3. The standard InChI is InChI=1S/C18H21NO/c1-12-9-14(3)17(15(4)10-12)11-19-18(20)16-8-6-5-7-13(16)2/h5-10H,11H2,1-4H3,(H,19,20). The molecule has 0 saturated heterocycles. The molecule has 2 aromatic carbocycles. The van der Waals surface area contributed by atoms with Gasteiger partial charge in [-0.05, 0) is 56.0 Å². The predicted octanol–water partition coefficient (Wildman–Crippen LogP) is 3.85. The summed E-state index contributed by atoms with van der Waals surface area (Å²) < 4.78 is 0. The van der Waals surface area contributed by atoms with Crippen LogP contribution in [0.15, 0.2) is 36.4 Å². The zero-order chi connectivity index (χ0) is 14.7. The van der Waals surface area contributed by atoms with Gasteiger partial charge in [-0.3, -0.25) is 4.79 Å². The Morgan fingerprint density at radius 1 is 0.950 bits per heavy atom. The van der Waals surface area contributed by atoms with Gasteiger partial charge in [-0.1, -0.05) is 35.9 Å². The van der Waals surface area contributed by atoms with Crippen LogP contribution in [-0.4, -0.2) is 5.91 Å². The van der Waals surface area contributed by atoms with Gasteiger partial charge >= 0.3 is 0 Å². The molecular formula is C18H21NO. The van der Waals surface area contributed by atoms with E-state index in [4.69, 9.17) is 0 Å². The molecule has 0 aromatic heterocycles. The van der Waals surface area contributed by atoms with Crippen molar-refractivity contribution < 1.29 is 4.79 Å². The molecule has 0 radical (unpaired) electrons. The lowest BCUT2D eigenvalue weighted by Gasteiger charge is -2.13. The molecule has 0 saturated carbocycles. The fourth-order valence-electron chi connectivity index (χ4n) is 2.58. The van der Waals surface area contributed by atoms with Gasteiger partial charge in [0.05, 0.1) is 0 Å². The normalized spacial score (nSPS) is 10.4. The van der Waals surface area contributed by atoms with Gasteiger partial charge in [0.25, 0.3) is 5.91 Å². The van der Waals surface area contributed by atoms with Crippen LogP contribution in [0.3, 0.4) is 0 Å². The SMILES string of the molecule is Cc1cc(C)c(CNC(=O)c2ccccc2C)c(C)c1. The lowest BCUT2D eigenvalue weighted by Crippen LogP contribution is -2.24. The number of aryl methyl sites for hydroxylation is 4. The first-order chi connectivity index (χ1) is 9.49. The largest absolute Gasteiger partial charge is 0.348 e. The number of hydrogen-bond donors (Lipinski definition) is 1. The van der Waals surface area contributed by atoms with Crippen LogP contribution in [0.4, 0.5) is 0 Å². The summed E-state index contributed by atoms with van der Waals surface area (Å²) in [7, 11) is 0. The van der Waals surface area contributed by atoms with Crippen LogP contribution in [-0.2, 0) is 6.54 Å². The highest BCUT2D eigenvalue weighted by Gasteiger charge is 2.09. The van der Waals surface area contributed by atoms with Crippen molar-refractivity contribution >= 4 is 5.91 Å².